The van der Waals surface area contributed by atoms with Gasteiger partial charge in [-0.05, 0) is 54.1 Å². The van der Waals surface area contributed by atoms with Gasteiger partial charge in [0.25, 0.3) is 0 Å². The third-order valence-electron chi connectivity index (χ3n) is 4.54. The number of nitriles is 1. The van der Waals surface area contributed by atoms with Gasteiger partial charge in [0, 0.05) is 18.0 Å². The van der Waals surface area contributed by atoms with E-state index in [9.17, 15) is 4.79 Å². The first-order chi connectivity index (χ1) is 14.2. The lowest BCUT2D eigenvalue weighted by molar-refractivity contribution is 0.214. The normalized spacial score (nSPS) is 15.6. The summed E-state index contributed by atoms with van der Waals surface area (Å²) in [4.78, 5) is 14.7. The number of carbonyl (C=O) groups is 1. The van der Waals surface area contributed by atoms with Crippen molar-refractivity contribution >= 4 is 23.5 Å². The fraction of sp³-hybridized carbons (Fsp3) is 0.130. The molecular formula is C23H19N3O2S. The first-order valence-electron chi connectivity index (χ1n) is 9.25. The highest BCUT2D eigenvalue weighted by Gasteiger charge is 2.31. The van der Waals surface area contributed by atoms with Crippen molar-refractivity contribution in [1.29, 1.82) is 5.26 Å². The number of nitrogens with one attached hydrogen (secondary N) is 1. The zero-order valence-corrected chi connectivity index (χ0v) is 16.4. The highest BCUT2D eigenvalue weighted by atomic mass is 32.2. The van der Waals surface area contributed by atoms with Crippen LogP contribution in [0.2, 0.25) is 0 Å². The Hall–Kier alpha value is -3.43. The van der Waals surface area contributed by atoms with Gasteiger partial charge in [0.05, 0.1) is 11.6 Å². The largest absolute Gasteiger partial charge is 0.457 e. The zero-order valence-electron chi connectivity index (χ0n) is 15.6. The summed E-state index contributed by atoms with van der Waals surface area (Å²) in [5, 5.41) is 11.7. The van der Waals surface area contributed by atoms with Crippen molar-refractivity contribution in [2.24, 2.45) is 0 Å². The average Bonchev–Trinajstić information content (AvgIpc) is 3.25. The number of benzene rings is 3. The lowest BCUT2D eigenvalue weighted by Crippen LogP contribution is -2.34. The van der Waals surface area contributed by atoms with E-state index >= 15 is 0 Å². The van der Waals surface area contributed by atoms with Gasteiger partial charge < -0.3 is 15.0 Å². The molecule has 2 amide bonds. The second-order valence-electron chi connectivity index (χ2n) is 6.52. The van der Waals surface area contributed by atoms with E-state index in [-0.39, 0.29) is 11.4 Å². The SMILES string of the molecule is N#Cc1ccc(NC(=O)N2CCSC2c2cccc(Oc3ccccc3)c2)cc1. The Kier molecular flexibility index (Phi) is 5.68. The lowest BCUT2D eigenvalue weighted by atomic mass is 10.2. The van der Waals surface area contributed by atoms with Crippen LogP contribution in [0.1, 0.15) is 16.5 Å². The number of hydrogen-bond acceptors (Lipinski definition) is 4. The first-order valence-corrected chi connectivity index (χ1v) is 10.3. The standard InChI is InChI=1S/C23H19N3O2S/c24-16-17-9-11-19(12-10-17)25-23(27)26-13-14-29-22(26)18-5-4-8-21(15-18)28-20-6-2-1-3-7-20/h1-12,15,22H,13-14H2,(H,25,27). The molecule has 6 heteroatoms. The Morgan fingerprint density at radius 2 is 1.79 bits per heavy atom. The molecule has 1 heterocycles. The topological polar surface area (TPSA) is 65.4 Å². The van der Waals surface area contributed by atoms with E-state index in [1.165, 1.54) is 0 Å². The smallest absolute Gasteiger partial charge is 0.323 e. The summed E-state index contributed by atoms with van der Waals surface area (Å²) < 4.78 is 5.94. The molecule has 1 fully saturated rings. The molecule has 1 saturated heterocycles. The van der Waals surface area contributed by atoms with Gasteiger partial charge >= 0.3 is 6.03 Å². The Morgan fingerprint density at radius 3 is 2.55 bits per heavy atom. The van der Waals surface area contributed by atoms with Crippen LogP contribution in [-0.2, 0) is 0 Å². The van der Waals surface area contributed by atoms with Crippen LogP contribution in [0.25, 0.3) is 0 Å². The van der Waals surface area contributed by atoms with E-state index in [0.717, 1.165) is 22.8 Å². The van der Waals surface area contributed by atoms with Crippen LogP contribution >= 0.6 is 11.8 Å². The molecule has 1 aliphatic rings. The van der Waals surface area contributed by atoms with Gasteiger partial charge in [0.2, 0.25) is 0 Å². The molecule has 3 aromatic rings. The van der Waals surface area contributed by atoms with E-state index in [2.05, 4.69) is 11.4 Å². The van der Waals surface area contributed by atoms with Gasteiger partial charge in [0.15, 0.2) is 0 Å². The molecule has 5 nitrogen and oxygen atoms in total. The number of nitrogens with zero attached hydrogens (tertiary/aromatic N) is 2. The van der Waals surface area contributed by atoms with Crippen molar-refractivity contribution in [3.05, 3.63) is 90.0 Å². The van der Waals surface area contributed by atoms with Crippen LogP contribution in [-0.4, -0.2) is 23.2 Å². The molecule has 0 aliphatic carbocycles. The molecule has 0 spiro atoms. The van der Waals surface area contributed by atoms with Crippen LogP contribution in [0.3, 0.4) is 0 Å². The molecule has 144 valence electrons. The number of thioether (sulfide) groups is 1. The van der Waals surface area contributed by atoms with Crippen LogP contribution in [0.5, 0.6) is 11.5 Å². The number of urea groups is 1. The van der Waals surface area contributed by atoms with Crippen molar-refractivity contribution in [1.82, 2.24) is 4.90 Å². The maximum atomic E-state index is 12.8. The number of carbonyl (C=O) groups excluding carboxylic acids is 1. The van der Waals surface area contributed by atoms with Gasteiger partial charge in [-0.1, -0.05) is 30.3 Å². The molecule has 1 aliphatic heterocycles. The summed E-state index contributed by atoms with van der Waals surface area (Å²) in [5.74, 6) is 2.39. The molecule has 1 atom stereocenters. The third-order valence-corrected chi connectivity index (χ3v) is 5.80. The van der Waals surface area contributed by atoms with Gasteiger partial charge in [-0.25, -0.2) is 4.79 Å². The van der Waals surface area contributed by atoms with Crippen LogP contribution in [0.4, 0.5) is 10.5 Å². The molecular weight excluding hydrogens is 382 g/mol. The predicted molar refractivity (Wildman–Crippen MR) is 115 cm³/mol. The second kappa shape index (κ2) is 8.72. The predicted octanol–water partition coefficient (Wildman–Crippen LogP) is 5.63. The average molecular weight is 401 g/mol. The van der Waals surface area contributed by atoms with Crippen LogP contribution in [0.15, 0.2) is 78.9 Å². The van der Waals surface area contributed by atoms with Crippen molar-refractivity contribution in [3.63, 3.8) is 0 Å². The van der Waals surface area contributed by atoms with E-state index in [1.807, 2.05) is 59.5 Å². The number of rotatable bonds is 4. The molecule has 0 saturated carbocycles. The Labute approximate surface area is 173 Å². The summed E-state index contributed by atoms with van der Waals surface area (Å²) in [7, 11) is 0. The monoisotopic (exact) mass is 401 g/mol. The number of hydrogen-bond donors (Lipinski definition) is 1. The summed E-state index contributed by atoms with van der Waals surface area (Å²) in [6.07, 6.45) is 0. The van der Waals surface area contributed by atoms with Crippen molar-refractivity contribution < 1.29 is 9.53 Å². The van der Waals surface area contributed by atoms with Gasteiger partial charge in [0.1, 0.15) is 16.9 Å². The fourth-order valence-corrected chi connectivity index (χ4v) is 4.38. The molecule has 3 aromatic carbocycles. The number of ether oxygens (including phenoxy) is 1. The minimum Gasteiger partial charge on any atom is -0.457 e. The highest BCUT2D eigenvalue weighted by molar-refractivity contribution is 7.99. The van der Waals surface area contributed by atoms with Crippen LogP contribution < -0.4 is 10.1 Å². The molecule has 0 radical (unpaired) electrons. The summed E-state index contributed by atoms with van der Waals surface area (Å²) in [5.41, 5.74) is 2.26. The van der Waals surface area contributed by atoms with Gasteiger partial charge in [-0.15, -0.1) is 11.8 Å². The maximum absolute atomic E-state index is 12.8. The van der Waals surface area contributed by atoms with E-state index in [0.29, 0.717) is 17.8 Å². The molecule has 0 aromatic heterocycles. The van der Waals surface area contributed by atoms with Crippen molar-refractivity contribution in [2.75, 3.05) is 17.6 Å². The van der Waals surface area contributed by atoms with Gasteiger partial charge in [-0.2, -0.15) is 5.26 Å². The highest BCUT2D eigenvalue weighted by Crippen LogP contribution is 2.39. The maximum Gasteiger partial charge on any atom is 0.323 e. The van der Waals surface area contributed by atoms with E-state index in [4.69, 9.17) is 10.00 Å². The second-order valence-corrected chi connectivity index (χ2v) is 7.71. The molecule has 29 heavy (non-hydrogen) atoms. The lowest BCUT2D eigenvalue weighted by Gasteiger charge is -2.24. The zero-order chi connectivity index (χ0) is 20.1. The molecule has 1 N–H and O–H groups in total. The number of anilines is 1. The molecule has 1 unspecified atom stereocenters. The summed E-state index contributed by atoms with van der Waals surface area (Å²) >= 11 is 1.73. The van der Waals surface area contributed by atoms with Gasteiger partial charge in [-0.3, -0.25) is 0 Å². The van der Waals surface area contributed by atoms with Crippen molar-refractivity contribution in [2.45, 2.75) is 5.37 Å². The number of amides is 2. The van der Waals surface area contributed by atoms with Crippen LogP contribution in [0, 0.1) is 11.3 Å². The summed E-state index contributed by atoms with van der Waals surface area (Å²) in [6, 6.07) is 26.3. The fourth-order valence-electron chi connectivity index (χ4n) is 3.13. The quantitative estimate of drug-likeness (QED) is 0.615. The summed E-state index contributed by atoms with van der Waals surface area (Å²) in [6.45, 7) is 0.668. The van der Waals surface area contributed by atoms with E-state index in [1.54, 1.807) is 36.0 Å². The van der Waals surface area contributed by atoms with Crippen molar-refractivity contribution in [3.8, 4) is 17.6 Å². The molecule has 4 rings (SSSR count). The number of para-hydroxylation sites is 1. The minimum atomic E-state index is -0.154. The molecule has 0 bridgehead atoms. The Bertz CT molecular complexity index is 1030. The Balaban J connectivity index is 1.48. The minimum absolute atomic E-state index is 0.0762. The first kappa shape index (κ1) is 18.9. The third kappa shape index (κ3) is 4.53. The Morgan fingerprint density at radius 1 is 1.03 bits per heavy atom. The van der Waals surface area contributed by atoms with E-state index < -0.39 is 0 Å².